The van der Waals surface area contributed by atoms with Gasteiger partial charge in [-0.3, -0.25) is 4.79 Å². The van der Waals surface area contributed by atoms with Crippen molar-refractivity contribution in [2.75, 3.05) is 16.8 Å². The number of carbonyl (C=O) groups is 1. The van der Waals surface area contributed by atoms with Crippen molar-refractivity contribution in [3.8, 4) is 0 Å². The van der Waals surface area contributed by atoms with Crippen LogP contribution in [0.5, 0.6) is 0 Å². The lowest BCUT2D eigenvalue weighted by atomic mass is 10.1. The minimum atomic E-state index is -0.134. The van der Waals surface area contributed by atoms with Crippen LogP contribution in [0.15, 0.2) is 30.6 Å². The molecule has 3 heterocycles. The third kappa shape index (κ3) is 1.74. The summed E-state index contributed by atoms with van der Waals surface area (Å²) in [6.07, 6.45) is 3.44. The molecule has 1 aliphatic heterocycles. The minimum absolute atomic E-state index is 0.134. The van der Waals surface area contributed by atoms with E-state index in [2.05, 4.69) is 15.3 Å². The number of carbonyl (C=O) groups excluding carboxylic acids is 1. The molecule has 96 valence electrons. The fourth-order valence-electron chi connectivity index (χ4n) is 2.32. The van der Waals surface area contributed by atoms with E-state index in [9.17, 15) is 4.79 Å². The molecule has 3 rings (SSSR count). The van der Waals surface area contributed by atoms with E-state index in [4.69, 9.17) is 0 Å². The van der Waals surface area contributed by atoms with Gasteiger partial charge in [0.2, 0.25) is 0 Å². The highest BCUT2D eigenvalue weighted by Gasteiger charge is 2.27. The van der Waals surface area contributed by atoms with E-state index in [0.717, 1.165) is 11.4 Å². The molecular formula is C14H14N4O. The molecule has 1 N–H and O–H groups in total. The maximum absolute atomic E-state index is 12.3. The second kappa shape index (κ2) is 4.35. The molecule has 0 saturated carbocycles. The predicted octanol–water partition coefficient (Wildman–Crippen LogP) is 2.51. The van der Waals surface area contributed by atoms with Crippen molar-refractivity contribution in [3.05, 3.63) is 41.7 Å². The van der Waals surface area contributed by atoms with Gasteiger partial charge >= 0.3 is 0 Å². The lowest BCUT2D eigenvalue weighted by Crippen LogP contribution is -2.20. The first kappa shape index (κ1) is 11.6. The van der Waals surface area contributed by atoms with Crippen molar-refractivity contribution < 1.29 is 4.79 Å². The third-order valence-corrected chi connectivity index (χ3v) is 3.23. The molecule has 19 heavy (non-hydrogen) atoms. The van der Waals surface area contributed by atoms with E-state index < -0.39 is 0 Å². The average Bonchev–Trinajstić information content (AvgIpc) is 2.53. The van der Waals surface area contributed by atoms with Crippen LogP contribution in [0.25, 0.3) is 0 Å². The number of hydrogen-bond donors (Lipinski definition) is 1. The minimum Gasteiger partial charge on any atom is -0.319 e. The van der Waals surface area contributed by atoms with E-state index in [1.807, 2.05) is 36.9 Å². The van der Waals surface area contributed by atoms with Crippen molar-refractivity contribution in [1.82, 2.24) is 9.97 Å². The van der Waals surface area contributed by atoms with Crippen LogP contribution in [0.1, 0.15) is 22.8 Å². The summed E-state index contributed by atoms with van der Waals surface area (Å²) < 4.78 is 0. The molecule has 0 spiro atoms. The molecule has 1 amide bonds. The second-order valence-electron chi connectivity index (χ2n) is 4.40. The molecule has 0 saturated heterocycles. The van der Waals surface area contributed by atoms with Gasteiger partial charge < -0.3 is 10.2 Å². The van der Waals surface area contributed by atoms with Gasteiger partial charge in [-0.15, -0.1) is 0 Å². The zero-order chi connectivity index (χ0) is 13.4. The van der Waals surface area contributed by atoms with Gasteiger partial charge in [0.1, 0.15) is 5.82 Å². The molecule has 0 bridgehead atoms. The standard InChI is InChI=1S/C14H14N4O/c1-3-18-12-10(5-4-7-15-12)17-14(19)11-9(2)6-8-16-13(11)18/h4-8H,3H2,1-2H3,(H,17,19). The summed E-state index contributed by atoms with van der Waals surface area (Å²) in [6.45, 7) is 4.63. The van der Waals surface area contributed by atoms with Gasteiger partial charge in [-0.2, -0.15) is 0 Å². The first-order valence-corrected chi connectivity index (χ1v) is 6.22. The van der Waals surface area contributed by atoms with Gasteiger partial charge in [0, 0.05) is 18.9 Å². The number of amides is 1. The molecule has 0 unspecified atom stereocenters. The Morgan fingerprint density at radius 3 is 2.79 bits per heavy atom. The fourth-order valence-corrected chi connectivity index (χ4v) is 2.32. The average molecular weight is 254 g/mol. The molecule has 0 fully saturated rings. The molecule has 5 nitrogen and oxygen atoms in total. The first-order chi connectivity index (χ1) is 9.22. The summed E-state index contributed by atoms with van der Waals surface area (Å²) in [6, 6.07) is 5.50. The van der Waals surface area contributed by atoms with E-state index in [-0.39, 0.29) is 5.91 Å². The Hall–Kier alpha value is -2.43. The number of nitrogens with zero attached hydrogens (tertiary/aromatic N) is 3. The zero-order valence-corrected chi connectivity index (χ0v) is 10.8. The Bertz CT molecular complexity index is 654. The maximum Gasteiger partial charge on any atom is 0.259 e. The quantitative estimate of drug-likeness (QED) is 0.849. The second-order valence-corrected chi connectivity index (χ2v) is 4.40. The number of hydrogen-bond acceptors (Lipinski definition) is 4. The molecule has 2 aromatic rings. The van der Waals surface area contributed by atoms with E-state index in [1.54, 1.807) is 12.4 Å². The summed E-state index contributed by atoms with van der Waals surface area (Å²) in [7, 11) is 0. The number of rotatable bonds is 1. The highest BCUT2D eigenvalue weighted by molar-refractivity contribution is 6.12. The predicted molar refractivity (Wildman–Crippen MR) is 73.8 cm³/mol. The Morgan fingerprint density at radius 2 is 2.00 bits per heavy atom. The number of aromatic nitrogens is 2. The van der Waals surface area contributed by atoms with Crippen molar-refractivity contribution >= 4 is 23.2 Å². The van der Waals surface area contributed by atoms with Crippen LogP contribution >= 0.6 is 0 Å². The Labute approximate surface area is 111 Å². The van der Waals surface area contributed by atoms with Crippen molar-refractivity contribution in [1.29, 1.82) is 0 Å². The Balaban J connectivity index is 2.30. The SMILES string of the molecule is CCN1c2ncccc2NC(=O)c2c(C)ccnc21. The van der Waals surface area contributed by atoms with Gasteiger partial charge in [0.05, 0.1) is 11.3 Å². The largest absolute Gasteiger partial charge is 0.319 e. The topological polar surface area (TPSA) is 58.1 Å². The summed E-state index contributed by atoms with van der Waals surface area (Å²) in [5, 5.41) is 2.90. The highest BCUT2D eigenvalue weighted by Crippen LogP contribution is 2.35. The summed E-state index contributed by atoms with van der Waals surface area (Å²) >= 11 is 0. The molecule has 5 heteroatoms. The number of pyridine rings is 2. The fraction of sp³-hybridized carbons (Fsp3) is 0.214. The number of nitrogens with one attached hydrogen (secondary N) is 1. The van der Waals surface area contributed by atoms with Crippen molar-refractivity contribution in [3.63, 3.8) is 0 Å². The highest BCUT2D eigenvalue weighted by atomic mass is 16.1. The van der Waals surface area contributed by atoms with Gasteiger partial charge in [-0.25, -0.2) is 9.97 Å². The van der Waals surface area contributed by atoms with Gasteiger partial charge in [0.15, 0.2) is 5.82 Å². The van der Waals surface area contributed by atoms with Gasteiger partial charge in [-0.1, -0.05) is 0 Å². The first-order valence-electron chi connectivity index (χ1n) is 6.22. The van der Waals surface area contributed by atoms with E-state index in [1.165, 1.54) is 0 Å². The molecule has 0 aromatic carbocycles. The number of anilines is 3. The lowest BCUT2D eigenvalue weighted by Gasteiger charge is -2.21. The normalized spacial score (nSPS) is 13.4. The Morgan fingerprint density at radius 1 is 1.21 bits per heavy atom. The van der Waals surface area contributed by atoms with Crippen LogP contribution in [0, 0.1) is 6.92 Å². The zero-order valence-electron chi connectivity index (χ0n) is 10.8. The van der Waals surface area contributed by atoms with Crippen LogP contribution in [-0.2, 0) is 0 Å². The van der Waals surface area contributed by atoms with Crippen LogP contribution in [-0.4, -0.2) is 22.4 Å². The lowest BCUT2D eigenvalue weighted by molar-refractivity contribution is 0.102. The molecular weight excluding hydrogens is 240 g/mol. The third-order valence-electron chi connectivity index (χ3n) is 3.23. The molecule has 2 aromatic heterocycles. The summed E-state index contributed by atoms with van der Waals surface area (Å²) in [5.74, 6) is 1.26. The summed E-state index contributed by atoms with van der Waals surface area (Å²) in [5.41, 5.74) is 2.24. The van der Waals surface area contributed by atoms with Crippen molar-refractivity contribution in [2.45, 2.75) is 13.8 Å². The van der Waals surface area contributed by atoms with Crippen molar-refractivity contribution in [2.24, 2.45) is 0 Å². The number of fused-ring (bicyclic) bond motifs is 2. The van der Waals surface area contributed by atoms with E-state index >= 15 is 0 Å². The van der Waals surface area contributed by atoms with Gasteiger partial charge in [0.25, 0.3) is 5.91 Å². The van der Waals surface area contributed by atoms with Crippen LogP contribution in [0.2, 0.25) is 0 Å². The summed E-state index contributed by atoms with van der Waals surface area (Å²) in [4.78, 5) is 23.0. The molecule has 0 aliphatic carbocycles. The number of aryl methyl sites for hydroxylation is 1. The maximum atomic E-state index is 12.3. The Kier molecular flexibility index (Phi) is 2.67. The van der Waals surface area contributed by atoms with Crippen LogP contribution in [0.3, 0.4) is 0 Å². The van der Waals surface area contributed by atoms with Crippen LogP contribution in [0.4, 0.5) is 17.3 Å². The monoisotopic (exact) mass is 254 g/mol. The van der Waals surface area contributed by atoms with E-state index in [0.29, 0.717) is 23.6 Å². The van der Waals surface area contributed by atoms with Crippen LogP contribution < -0.4 is 10.2 Å². The smallest absolute Gasteiger partial charge is 0.259 e. The molecule has 0 atom stereocenters. The van der Waals surface area contributed by atoms with Gasteiger partial charge in [-0.05, 0) is 37.6 Å². The molecule has 0 radical (unpaired) electrons. The molecule has 1 aliphatic rings.